The number of hydrogen-bond acceptors (Lipinski definition) is 5. The lowest BCUT2D eigenvalue weighted by molar-refractivity contribution is -0.384. The van der Waals surface area contributed by atoms with Gasteiger partial charge in [0.25, 0.3) is 5.69 Å². The van der Waals surface area contributed by atoms with Crippen LogP contribution in [0.2, 0.25) is 0 Å². The van der Waals surface area contributed by atoms with Gasteiger partial charge in [-0.15, -0.1) is 0 Å². The Kier molecular flexibility index (Phi) is 3.89. The summed E-state index contributed by atoms with van der Waals surface area (Å²) in [6, 6.07) is 12.8. The fourth-order valence-corrected chi connectivity index (χ4v) is 2.42. The second-order valence-corrected chi connectivity index (χ2v) is 5.46. The van der Waals surface area contributed by atoms with Crippen molar-refractivity contribution in [3.63, 3.8) is 0 Å². The van der Waals surface area contributed by atoms with Crippen LogP contribution in [0, 0.1) is 17.0 Å². The van der Waals surface area contributed by atoms with E-state index in [9.17, 15) is 10.1 Å². The predicted octanol–water partition coefficient (Wildman–Crippen LogP) is 4.02. The summed E-state index contributed by atoms with van der Waals surface area (Å²) in [7, 11) is 0. The first-order valence-electron chi connectivity index (χ1n) is 7.27. The number of non-ortho nitro benzene ring substituents is 1. The van der Waals surface area contributed by atoms with Crippen molar-refractivity contribution >= 4 is 22.4 Å². The minimum Gasteiger partial charge on any atom is -0.363 e. The van der Waals surface area contributed by atoms with E-state index in [4.69, 9.17) is 0 Å². The molecule has 0 spiro atoms. The number of aromatic nitrogens is 2. The molecular formula is C17H16N4O2. The van der Waals surface area contributed by atoms with Crippen LogP contribution in [-0.4, -0.2) is 14.9 Å². The van der Waals surface area contributed by atoms with Crippen molar-refractivity contribution in [2.75, 3.05) is 5.32 Å². The van der Waals surface area contributed by atoms with E-state index in [1.54, 1.807) is 6.07 Å². The first-order valence-corrected chi connectivity index (χ1v) is 7.27. The fraction of sp³-hybridized carbons (Fsp3) is 0.176. The van der Waals surface area contributed by atoms with E-state index >= 15 is 0 Å². The van der Waals surface area contributed by atoms with E-state index in [-0.39, 0.29) is 11.7 Å². The van der Waals surface area contributed by atoms with Gasteiger partial charge in [-0.05, 0) is 25.5 Å². The molecule has 1 atom stereocenters. The number of nitrogens with one attached hydrogen (secondary N) is 1. The Morgan fingerprint density at radius 3 is 2.57 bits per heavy atom. The van der Waals surface area contributed by atoms with E-state index in [0.29, 0.717) is 16.7 Å². The van der Waals surface area contributed by atoms with Crippen LogP contribution in [-0.2, 0) is 0 Å². The van der Waals surface area contributed by atoms with Crippen LogP contribution in [0.25, 0.3) is 10.9 Å². The monoisotopic (exact) mass is 308 g/mol. The third-order valence-corrected chi connectivity index (χ3v) is 3.76. The molecule has 0 aliphatic heterocycles. The van der Waals surface area contributed by atoms with Crippen LogP contribution in [0.15, 0.2) is 48.8 Å². The minimum atomic E-state index is -0.417. The normalized spacial score (nSPS) is 12.1. The molecule has 0 aliphatic rings. The highest BCUT2D eigenvalue weighted by molar-refractivity contribution is 5.90. The number of nitro groups is 1. The molecule has 1 heterocycles. The maximum Gasteiger partial charge on any atom is 0.270 e. The summed E-state index contributed by atoms with van der Waals surface area (Å²) in [5.41, 5.74) is 3.01. The minimum absolute atomic E-state index is 0.0213. The van der Waals surface area contributed by atoms with Crippen molar-refractivity contribution in [3.05, 3.63) is 70.0 Å². The van der Waals surface area contributed by atoms with Gasteiger partial charge in [0, 0.05) is 23.6 Å². The van der Waals surface area contributed by atoms with Gasteiger partial charge in [0.05, 0.1) is 10.4 Å². The van der Waals surface area contributed by atoms with Gasteiger partial charge in [-0.3, -0.25) is 10.1 Å². The van der Waals surface area contributed by atoms with Crippen molar-refractivity contribution in [2.24, 2.45) is 0 Å². The zero-order chi connectivity index (χ0) is 16.4. The highest BCUT2D eigenvalue weighted by Crippen LogP contribution is 2.27. The summed E-state index contributed by atoms with van der Waals surface area (Å²) in [5, 5.41) is 14.9. The number of nitrogens with zero attached hydrogens (tertiary/aromatic N) is 3. The molecule has 6 nitrogen and oxygen atoms in total. The van der Waals surface area contributed by atoms with Gasteiger partial charge in [0.1, 0.15) is 12.1 Å². The lowest BCUT2D eigenvalue weighted by Gasteiger charge is -2.16. The number of nitro benzene ring substituents is 1. The summed E-state index contributed by atoms with van der Waals surface area (Å²) in [6.07, 6.45) is 1.46. The largest absolute Gasteiger partial charge is 0.363 e. The fourth-order valence-electron chi connectivity index (χ4n) is 2.42. The molecule has 2 aromatic carbocycles. The van der Waals surface area contributed by atoms with Crippen molar-refractivity contribution in [1.82, 2.24) is 9.97 Å². The molecule has 3 aromatic rings. The van der Waals surface area contributed by atoms with E-state index in [1.165, 1.54) is 24.0 Å². The highest BCUT2D eigenvalue weighted by atomic mass is 16.6. The van der Waals surface area contributed by atoms with Crippen molar-refractivity contribution in [1.29, 1.82) is 0 Å². The van der Waals surface area contributed by atoms with Gasteiger partial charge >= 0.3 is 0 Å². The molecule has 0 saturated heterocycles. The van der Waals surface area contributed by atoms with Crippen molar-refractivity contribution < 1.29 is 4.92 Å². The zero-order valence-corrected chi connectivity index (χ0v) is 12.9. The smallest absolute Gasteiger partial charge is 0.270 e. The Morgan fingerprint density at radius 1 is 1.13 bits per heavy atom. The third-order valence-electron chi connectivity index (χ3n) is 3.76. The van der Waals surface area contributed by atoms with Gasteiger partial charge < -0.3 is 5.32 Å². The quantitative estimate of drug-likeness (QED) is 0.581. The molecule has 3 rings (SSSR count). The number of benzene rings is 2. The molecule has 0 radical (unpaired) electrons. The Hall–Kier alpha value is -3.02. The lowest BCUT2D eigenvalue weighted by Crippen LogP contribution is -2.08. The summed E-state index contributed by atoms with van der Waals surface area (Å²) in [5.74, 6) is 0.590. The van der Waals surface area contributed by atoms with E-state index in [1.807, 2.05) is 13.8 Å². The Labute approximate surface area is 133 Å². The van der Waals surface area contributed by atoms with Crippen LogP contribution >= 0.6 is 0 Å². The summed E-state index contributed by atoms with van der Waals surface area (Å²) < 4.78 is 0. The molecule has 116 valence electrons. The van der Waals surface area contributed by atoms with Gasteiger partial charge in [0.2, 0.25) is 0 Å². The van der Waals surface area contributed by atoms with E-state index in [2.05, 4.69) is 39.6 Å². The van der Waals surface area contributed by atoms with Gasteiger partial charge in [-0.1, -0.05) is 29.8 Å². The molecule has 0 fully saturated rings. The molecule has 0 bridgehead atoms. The Bertz CT molecular complexity index is 862. The SMILES string of the molecule is Cc1ccc([C@@H](C)Nc2ncnc3ccc([N+](=O)[O-])cc23)cc1. The van der Waals surface area contributed by atoms with Crippen LogP contribution in [0.4, 0.5) is 11.5 Å². The lowest BCUT2D eigenvalue weighted by atomic mass is 10.1. The molecule has 0 aliphatic carbocycles. The molecule has 0 amide bonds. The number of aryl methyl sites for hydroxylation is 1. The topological polar surface area (TPSA) is 81.0 Å². The van der Waals surface area contributed by atoms with Gasteiger partial charge in [-0.25, -0.2) is 9.97 Å². The molecule has 6 heteroatoms. The molecule has 23 heavy (non-hydrogen) atoms. The zero-order valence-electron chi connectivity index (χ0n) is 12.9. The number of hydrogen-bond donors (Lipinski definition) is 1. The first kappa shape index (κ1) is 14.9. The molecule has 0 saturated carbocycles. The molecule has 0 unspecified atom stereocenters. The van der Waals surface area contributed by atoms with Crippen molar-refractivity contribution in [3.8, 4) is 0 Å². The maximum absolute atomic E-state index is 11.0. The molecule has 1 N–H and O–H groups in total. The van der Waals surface area contributed by atoms with Crippen LogP contribution in [0.3, 0.4) is 0 Å². The Balaban J connectivity index is 1.97. The third kappa shape index (κ3) is 3.11. The average Bonchev–Trinajstić information content (AvgIpc) is 2.55. The second kappa shape index (κ2) is 6.00. The van der Waals surface area contributed by atoms with Crippen LogP contribution in [0.5, 0.6) is 0 Å². The summed E-state index contributed by atoms with van der Waals surface area (Å²) >= 11 is 0. The molecular weight excluding hydrogens is 292 g/mol. The van der Waals surface area contributed by atoms with E-state index in [0.717, 1.165) is 5.56 Å². The first-order chi connectivity index (χ1) is 11.0. The summed E-state index contributed by atoms with van der Waals surface area (Å²) in [4.78, 5) is 19.0. The van der Waals surface area contributed by atoms with Gasteiger partial charge in [-0.2, -0.15) is 0 Å². The van der Waals surface area contributed by atoms with E-state index < -0.39 is 4.92 Å². The second-order valence-electron chi connectivity index (χ2n) is 5.46. The van der Waals surface area contributed by atoms with Crippen LogP contribution < -0.4 is 5.32 Å². The predicted molar refractivity (Wildman–Crippen MR) is 89.4 cm³/mol. The number of rotatable bonds is 4. The van der Waals surface area contributed by atoms with Crippen LogP contribution in [0.1, 0.15) is 24.1 Å². The highest BCUT2D eigenvalue weighted by Gasteiger charge is 2.13. The summed E-state index contributed by atoms with van der Waals surface area (Å²) in [6.45, 7) is 4.06. The molecule has 1 aromatic heterocycles. The number of fused-ring (bicyclic) bond motifs is 1. The van der Waals surface area contributed by atoms with Crippen molar-refractivity contribution in [2.45, 2.75) is 19.9 Å². The standard InChI is InChI=1S/C17H16N4O2/c1-11-3-5-13(6-4-11)12(2)20-17-15-9-14(21(22)23)7-8-16(15)18-10-19-17/h3-10,12H,1-2H3,(H,18,19,20)/t12-/m1/s1. The Morgan fingerprint density at radius 2 is 1.87 bits per heavy atom. The maximum atomic E-state index is 11.0. The van der Waals surface area contributed by atoms with Gasteiger partial charge in [0.15, 0.2) is 0 Å². The number of anilines is 1. The average molecular weight is 308 g/mol.